The quantitative estimate of drug-likeness (QED) is 0.172. The molecule has 0 unspecified atom stereocenters. The molecule has 0 fully saturated rings. The molecule has 0 saturated carbocycles. The van der Waals surface area contributed by atoms with Crippen LogP contribution in [0.2, 0.25) is 10.0 Å². The summed E-state index contributed by atoms with van der Waals surface area (Å²) in [6.45, 7) is 5.21. The third-order valence-electron chi connectivity index (χ3n) is 4.46. The Balaban J connectivity index is 1.96. The average molecular weight is 574 g/mol. The summed E-state index contributed by atoms with van der Waals surface area (Å²) < 4.78 is 80.9. The molecule has 0 aliphatic carbocycles. The van der Waals surface area contributed by atoms with E-state index in [9.17, 15) is 21.4 Å². The van der Waals surface area contributed by atoms with Gasteiger partial charge in [0, 0.05) is 4.57 Å². The molecule has 14 heteroatoms. The molecule has 0 heterocycles. The molecule has 2 rings (SSSR count). The van der Waals surface area contributed by atoms with Gasteiger partial charge in [-0.25, -0.2) is 8.37 Å². The first-order valence-corrected chi connectivity index (χ1v) is 14.5. The summed E-state index contributed by atoms with van der Waals surface area (Å²) in [5.74, 6) is -0.331. The maximum atomic E-state index is 12.5. The molecule has 0 N–H and O–H groups in total. The Bertz CT molecular complexity index is 1150. The number of halogens is 2. The van der Waals surface area contributed by atoms with Crippen LogP contribution >= 0.6 is 31.5 Å². The van der Waals surface area contributed by atoms with Gasteiger partial charge >= 0.3 is 28.5 Å². The molecule has 2 aromatic rings. The lowest BCUT2D eigenvalue weighted by molar-refractivity contribution is 0.0753. The van der Waals surface area contributed by atoms with Gasteiger partial charge in [0.05, 0.1) is 10.0 Å². The molecule has 188 valence electrons. The number of benzene rings is 2. The second-order valence-corrected chi connectivity index (χ2v) is 12.4. The fourth-order valence-corrected chi connectivity index (χ4v) is 6.71. The van der Waals surface area contributed by atoms with E-state index in [2.05, 4.69) is 9.05 Å². The van der Waals surface area contributed by atoms with E-state index in [4.69, 9.17) is 31.6 Å². The first-order chi connectivity index (χ1) is 15.8. The van der Waals surface area contributed by atoms with Gasteiger partial charge in [-0.15, -0.1) is 0 Å². The summed E-state index contributed by atoms with van der Waals surface area (Å²) in [5, 5.41) is -0.0726. The highest BCUT2D eigenvalue weighted by Gasteiger charge is 2.30. The highest BCUT2D eigenvalue weighted by Crippen LogP contribution is 2.34. The van der Waals surface area contributed by atoms with Gasteiger partial charge in [-0.2, -0.15) is 16.8 Å². The van der Waals surface area contributed by atoms with Gasteiger partial charge in [-0.05, 0) is 35.1 Å². The smallest absolute Gasteiger partial charge is 0.232 e. The first kappa shape index (κ1) is 29.1. The Morgan fingerprint density at radius 3 is 1.41 bits per heavy atom. The van der Waals surface area contributed by atoms with Crippen LogP contribution in [0.5, 0.6) is 0 Å². The lowest BCUT2D eigenvalue weighted by atomic mass is 10.0. The Hall–Kier alpha value is -1.14. The zero-order chi connectivity index (χ0) is 25.7. The van der Waals surface area contributed by atoms with Crippen LogP contribution in [0.1, 0.15) is 50.7 Å². The van der Waals surface area contributed by atoms with Gasteiger partial charge in [-0.3, -0.25) is 0 Å². The van der Waals surface area contributed by atoms with Crippen molar-refractivity contribution in [2.75, 3.05) is 13.6 Å². The molecule has 0 aromatic heterocycles. The second-order valence-electron chi connectivity index (χ2n) is 7.49. The van der Waals surface area contributed by atoms with Crippen LogP contribution in [0.25, 0.3) is 0 Å². The minimum absolute atomic E-state index is 0.0363. The van der Waals surface area contributed by atoms with Gasteiger partial charge in [-0.1, -0.05) is 84.2 Å². The monoisotopic (exact) mass is 573 g/mol. The van der Waals surface area contributed by atoms with E-state index in [1.54, 1.807) is 52.0 Å². The van der Waals surface area contributed by atoms with Crippen molar-refractivity contribution in [1.29, 1.82) is 0 Å². The topological polar surface area (TPSA) is 122 Å². The minimum Gasteiger partial charge on any atom is -0.232 e. The van der Waals surface area contributed by atoms with Crippen molar-refractivity contribution in [3.8, 4) is 0 Å². The first-order valence-electron chi connectivity index (χ1n) is 9.86. The highest BCUT2D eigenvalue weighted by atomic mass is 35.5. The predicted molar refractivity (Wildman–Crippen MR) is 127 cm³/mol. The van der Waals surface area contributed by atoms with E-state index in [0.717, 1.165) is 0 Å². The molecule has 0 bridgehead atoms. The largest absolute Gasteiger partial charge is 0.702 e. The Morgan fingerprint density at radius 2 is 1.09 bits per heavy atom. The Morgan fingerprint density at radius 1 is 0.735 bits per heavy atom. The second kappa shape index (κ2) is 12.2. The van der Waals surface area contributed by atoms with Crippen LogP contribution in [-0.2, 0) is 42.2 Å². The van der Waals surface area contributed by atoms with Crippen molar-refractivity contribution < 1.29 is 38.8 Å². The summed E-state index contributed by atoms with van der Waals surface area (Å²) in [5.41, 5.74) is 0.874. The molecule has 0 amide bonds. The van der Waals surface area contributed by atoms with Crippen LogP contribution in [0.15, 0.2) is 46.2 Å². The van der Waals surface area contributed by atoms with Crippen LogP contribution in [0.4, 0.5) is 0 Å². The van der Waals surface area contributed by atoms with Gasteiger partial charge < -0.3 is 0 Å². The SMILES string of the molecule is CC(C)c1cccc(Cl)c1S(=O)(=O)OCO[P+](=O)OCOS(=O)(=O)c1c(Cl)cccc1C(C)C. The van der Waals surface area contributed by atoms with Gasteiger partial charge in [0.1, 0.15) is 9.79 Å². The summed E-state index contributed by atoms with van der Waals surface area (Å²) in [6, 6.07) is 9.21. The van der Waals surface area contributed by atoms with Crippen LogP contribution in [-0.4, -0.2) is 30.4 Å². The van der Waals surface area contributed by atoms with E-state index >= 15 is 0 Å². The maximum Gasteiger partial charge on any atom is 0.702 e. The van der Waals surface area contributed by atoms with E-state index in [0.29, 0.717) is 11.1 Å². The van der Waals surface area contributed by atoms with E-state index in [1.807, 2.05) is 0 Å². The molecule has 9 nitrogen and oxygen atoms in total. The molecule has 0 saturated heterocycles. The van der Waals surface area contributed by atoms with E-state index in [1.165, 1.54) is 12.1 Å². The number of rotatable bonds is 12. The molecule has 0 atom stereocenters. The van der Waals surface area contributed by atoms with Gasteiger partial charge in [0.25, 0.3) is 0 Å². The molecular formula is C20H24Cl2O9PS2+. The van der Waals surface area contributed by atoms with Crippen LogP contribution < -0.4 is 0 Å². The molecular weight excluding hydrogens is 550 g/mol. The molecule has 0 aliphatic rings. The van der Waals surface area contributed by atoms with E-state index in [-0.39, 0.29) is 31.7 Å². The molecule has 2 aromatic carbocycles. The molecule has 34 heavy (non-hydrogen) atoms. The number of hydrogen-bond acceptors (Lipinski definition) is 9. The van der Waals surface area contributed by atoms with Crippen molar-refractivity contribution in [2.45, 2.75) is 49.3 Å². The van der Waals surface area contributed by atoms with Crippen molar-refractivity contribution in [1.82, 2.24) is 0 Å². The predicted octanol–water partition coefficient (Wildman–Crippen LogP) is 5.96. The number of hydrogen-bond donors (Lipinski definition) is 0. The molecule has 0 spiro atoms. The highest BCUT2D eigenvalue weighted by molar-refractivity contribution is 7.87. The molecule has 0 radical (unpaired) electrons. The Labute approximate surface area is 210 Å². The summed E-state index contributed by atoms with van der Waals surface area (Å²) in [6.07, 6.45) is 0. The summed E-state index contributed by atoms with van der Waals surface area (Å²) >= 11 is 12.1. The van der Waals surface area contributed by atoms with Gasteiger partial charge in [0.2, 0.25) is 13.6 Å². The fraction of sp³-hybridized carbons (Fsp3) is 0.400. The van der Waals surface area contributed by atoms with Crippen molar-refractivity contribution >= 4 is 51.7 Å². The standard InChI is InChI=1S/C20H24Cl2O9PS2/c1-13(2)15-7-5-9-17(21)19(15)33(24,25)30-11-28-32(23)29-12-31-34(26,27)20-16(14(3)4)8-6-10-18(20)22/h5-10,13-14H,11-12H2,1-4H3/q+1. The average Bonchev–Trinajstić information content (AvgIpc) is 2.72. The third kappa shape index (κ3) is 7.43. The maximum absolute atomic E-state index is 12.5. The summed E-state index contributed by atoms with van der Waals surface area (Å²) in [7, 11) is -11.7. The summed E-state index contributed by atoms with van der Waals surface area (Å²) in [4.78, 5) is -0.442. The zero-order valence-electron chi connectivity index (χ0n) is 18.7. The zero-order valence-corrected chi connectivity index (χ0v) is 22.8. The third-order valence-corrected chi connectivity index (χ3v) is 8.67. The van der Waals surface area contributed by atoms with Crippen molar-refractivity contribution in [3.05, 3.63) is 57.6 Å². The lowest BCUT2D eigenvalue weighted by Crippen LogP contribution is -2.13. The lowest BCUT2D eigenvalue weighted by Gasteiger charge is -2.14. The van der Waals surface area contributed by atoms with Gasteiger partial charge in [0.15, 0.2) is 0 Å². The molecule has 0 aliphatic heterocycles. The Kier molecular flexibility index (Phi) is 10.4. The van der Waals surface area contributed by atoms with E-state index < -0.39 is 42.1 Å². The van der Waals surface area contributed by atoms with Crippen molar-refractivity contribution in [3.63, 3.8) is 0 Å². The minimum atomic E-state index is -4.34. The van der Waals surface area contributed by atoms with Crippen LogP contribution in [0, 0.1) is 0 Å². The normalized spacial score (nSPS) is 12.5. The van der Waals surface area contributed by atoms with Crippen LogP contribution in [0.3, 0.4) is 0 Å². The fourth-order valence-electron chi connectivity index (χ4n) is 2.90. The van der Waals surface area contributed by atoms with Crippen molar-refractivity contribution in [2.24, 2.45) is 0 Å².